The highest BCUT2D eigenvalue weighted by Crippen LogP contribution is 2.21. The van der Waals surface area contributed by atoms with Gasteiger partial charge < -0.3 is 19.9 Å². The summed E-state index contributed by atoms with van der Waals surface area (Å²) in [6, 6.07) is 6.30. The minimum absolute atomic E-state index is 0. The Morgan fingerprint density at radius 1 is 1.17 bits per heavy atom. The number of nitrogens with one attached hydrogen (secondary N) is 2. The first-order valence-corrected chi connectivity index (χ1v) is 10.9. The number of rotatable bonds is 8. The summed E-state index contributed by atoms with van der Waals surface area (Å²) in [5.74, 6) is 3.79. The molecule has 0 atom stereocenters. The summed E-state index contributed by atoms with van der Waals surface area (Å²) in [6.45, 7) is 9.98. The summed E-state index contributed by atoms with van der Waals surface area (Å²) < 4.78 is 8.18. The third-order valence-corrected chi connectivity index (χ3v) is 5.04. The van der Waals surface area contributed by atoms with Crippen molar-refractivity contribution >= 4 is 29.9 Å². The first-order chi connectivity index (χ1) is 14.2. The molecular weight excluding hydrogens is 491 g/mol. The average Bonchev–Trinajstić information content (AvgIpc) is 2.95. The van der Waals surface area contributed by atoms with Gasteiger partial charge in [-0.3, -0.25) is 0 Å². The van der Waals surface area contributed by atoms with Gasteiger partial charge in [0, 0.05) is 25.1 Å². The van der Waals surface area contributed by atoms with Gasteiger partial charge in [0.15, 0.2) is 11.8 Å². The van der Waals surface area contributed by atoms with Crippen LogP contribution in [0.5, 0.6) is 5.75 Å². The number of ether oxygens (including phenoxy) is 1. The third kappa shape index (κ3) is 6.85. The van der Waals surface area contributed by atoms with Crippen LogP contribution in [-0.4, -0.2) is 33.9 Å². The van der Waals surface area contributed by atoms with E-state index in [0.717, 1.165) is 61.5 Å². The van der Waals surface area contributed by atoms with E-state index in [4.69, 9.17) is 9.73 Å². The molecule has 1 aliphatic rings. The largest absolute Gasteiger partial charge is 0.493 e. The van der Waals surface area contributed by atoms with Crippen LogP contribution in [0.25, 0.3) is 0 Å². The quantitative estimate of drug-likeness (QED) is 0.309. The van der Waals surface area contributed by atoms with E-state index in [2.05, 4.69) is 64.4 Å². The zero-order valence-electron chi connectivity index (χ0n) is 18.4. The van der Waals surface area contributed by atoms with Crippen molar-refractivity contribution in [3.63, 3.8) is 0 Å². The van der Waals surface area contributed by atoms with E-state index >= 15 is 0 Å². The maximum Gasteiger partial charge on any atom is 0.191 e. The summed E-state index contributed by atoms with van der Waals surface area (Å²) in [7, 11) is 0. The molecule has 7 nitrogen and oxygen atoms in total. The number of halogens is 1. The van der Waals surface area contributed by atoms with Crippen LogP contribution in [0.4, 0.5) is 0 Å². The minimum Gasteiger partial charge on any atom is -0.493 e. The molecule has 1 aromatic carbocycles. The molecule has 2 aromatic rings. The number of fused-ring (bicyclic) bond motifs is 1. The number of aliphatic imine (C=N–C) groups is 1. The number of benzene rings is 1. The Morgan fingerprint density at radius 2 is 2.03 bits per heavy atom. The molecule has 0 aliphatic carbocycles. The molecule has 30 heavy (non-hydrogen) atoms. The molecular formula is C22H35IN6O. The zero-order chi connectivity index (χ0) is 20.5. The van der Waals surface area contributed by atoms with Gasteiger partial charge in [-0.15, -0.1) is 34.2 Å². The molecule has 0 saturated heterocycles. The SMILES string of the molecule is CCCOc1cc(C)ccc1CN=C(NCC)NCc1nnc2n1CCCCC2.I. The van der Waals surface area contributed by atoms with Gasteiger partial charge in [-0.05, 0) is 44.7 Å². The lowest BCUT2D eigenvalue weighted by atomic mass is 10.1. The van der Waals surface area contributed by atoms with Crippen LogP contribution in [0.1, 0.15) is 62.3 Å². The summed E-state index contributed by atoms with van der Waals surface area (Å²) >= 11 is 0. The van der Waals surface area contributed by atoms with Gasteiger partial charge in [-0.25, -0.2) is 4.99 Å². The van der Waals surface area contributed by atoms with E-state index in [1.165, 1.54) is 24.8 Å². The Bertz CT molecular complexity index is 820. The van der Waals surface area contributed by atoms with Crippen molar-refractivity contribution in [1.29, 1.82) is 0 Å². The Labute approximate surface area is 197 Å². The van der Waals surface area contributed by atoms with Crippen molar-refractivity contribution < 1.29 is 4.74 Å². The fraction of sp³-hybridized carbons (Fsp3) is 0.591. The molecule has 2 N–H and O–H groups in total. The van der Waals surface area contributed by atoms with E-state index < -0.39 is 0 Å². The highest BCUT2D eigenvalue weighted by Gasteiger charge is 2.14. The van der Waals surface area contributed by atoms with Gasteiger partial charge in [-0.2, -0.15) is 0 Å². The normalized spacial score (nSPS) is 13.8. The molecule has 3 rings (SSSR count). The van der Waals surface area contributed by atoms with Crippen molar-refractivity contribution in [2.24, 2.45) is 4.99 Å². The molecule has 166 valence electrons. The van der Waals surface area contributed by atoms with Gasteiger partial charge in [0.1, 0.15) is 11.6 Å². The molecule has 0 amide bonds. The fourth-order valence-electron chi connectivity index (χ4n) is 3.48. The van der Waals surface area contributed by atoms with Crippen molar-refractivity contribution in [2.45, 2.75) is 72.5 Å². The topological polar surface area (TPSA) is 76.4 Å². The first-order valence-electron chi connectivity index (χ1n) is 10.9. The number of aryl methyl sites for hydroxylation is 2. The second-order valence-electron chi connectivity index (χ2n) is 7.50. The monoisotopic (exact) mass is 526 g/mol. The number of hydrogen-bond donors (Lipinski definition) is 2. The van der Waals surface area contributed by atoms with Gasteiger partial charge in [0.25, 0.3) is 0 Å². The van der Waals surface area contributed by atoms with E-state index in [0.29, 0.717) is 13.1 Å². The molecule has 1 aliphatic heterocycles. The number of aromatic nitrogens is 3. The molecule has 2 heterocycles. The molecule has 0 unspecified atom stereocenters. The van der Waals surface area contributed by atoms with E-state index in [9.17, 15) is 0 Å². The van der Waals surface area contributed by atoms with Crippen LogP contribution < -0.4 is 15.4 Å². The number of nitrogens with zero attached hydrogens (tertiary/aromatic N) is 4. The van der Waals surface area contributed by atoms with E-state index in [1.54, 1.807) is 0 Å². The smallest absolute Gasteiger partial charge is 0.191 e. The van der Waals surface area contributed by atoms with Crippen LogP contribution in [-0.2, 0) is 26.1 Å². The van der Waals surface area contributed by atoms with E-state index in [-0.39, 0.29) is 24.0 Å². The van der Waals surface area contributed by atoms with Gasteiger partial charge >= 0.3 is 0 Å². The van der Waals surface area contributed by atoms with Crippen LogP contribution in [0.2, 0.25) is 0 Å². The lowest BCUT2D eigenvalue weighted by Gasteiger charge is -2.14. The Morgan fingerprint density at radius 3 is 2.83 bits per heavy atom. The highest BCUT2D eigenvalue weighted by atomic mass is 127. The zero-order valence-corrected chi connectivity index (χ0v) is 20.7. The van der Waals surface area contributed by atoms with Crippen LogP contribution in [0.15, 0.2) is 23.2 Å². The van der Waals surface area contributed by atoms with Crippen molar-refractivity contribution in [1.82, 2.24) is 25.4 Å². The first kappa shape index (κ1) is 24.4. The average molecular weight is 526 g/mol. The maximum atomic E-state index is 5.92. The summed E-state index contributed by atoms with van der Waals surface area (Å²) in [5.41, 5.74) is 2.29. The Balaban J connectivity index is 0.00000320. The van der Waals surface area contributed by atoms with Crippen LogP contribution in [0.3, 0.4) is 0 Å². The van der Waals surface area contributed by atoms with Gasteiger partial charge in [0.05, 0.1) is 19.7 Å². The lowest BCUT2D eigenvalue weighted by Crippen LogP contribution is -2.37. The summed E-state index contributed by atoms with van der Waals surface area (Å²) in [6.07, 6.45) is 5.67. The van der Waals surface area contributed by atoms with Crippen LogP contribution in [0, 0.1) is 6.92 Å². The third-order valence-electron chi connectivity index (χ3n) is 5.04. The van der Waals surface area contributed by atoms with E-state index in [1.807, 2.05) is 0 Å². The summed E-state index contributed by atoms with van der Waals surface area (Å²) in [4.78, 5) is 4.77. The van der Waals surface area contributed by atoms with Crippen molar-refractivity contribution in [3.8, 4) is 5.75 Å². The number of hydrogen-bond acceptors (Lipinski definition) is 4. The standard InChI is InChI=1S/C22H34N6O.HI/c1-4-13-29-19-14-17(3)10-11-18(19)15-24-22(23-5-2)25-16-21-27-26-20-9-7-6-8-12-28(20)21;/h10-11,14H,4-9,12-13,15-16H2,1-3H3,(H2,23,24,25);1H. The molecule has 1 aromatic heterocycles. The molecule has 0 fully saturated rings. The molecule has 0 bridgehead atoms. The molecule has 0 radical (unpaired) electrons. The molecule has 0 saturated carbocycles. The second kappa shape index (κ2) is 12.8. The second-order valence-corrected chi connectivity index (χ2v) is 7.50. The number of guanidine groups is 1. The van der Waals surface area contributed by atoms with Gasteiger partial charge in [-0.1, -0.05) is 25.5 Å². The lowest BCUT2D eigenvalue weighted by molar-refractivity contribution is 0.314. The molecule has 0 spiro atoms. The maximum absolute atomic E-state index is 5.92. The summed E-state index contributed by atoms with van der Waals surface area (Å²) in [5, 5.41) is 15.5. The van der Waals surface area contributed by atoms with Crippen molar-refractivity contribution in [3.05, 3.63) is 41.0 Å². The Hall–Kier alpha value is -1.84. The minimum atomic E-state index is 0. The predicted octanol–water partition coefficient (Wildman–Crippen LogP) is 3.98. The van der Waals surface area contributed by atoms with Crippen molar-refractivity contribution in [2.75, 3.05) is 13.2 Å². The van der Waals surface area contributed by atoms with Gasteiger partial charge in [0.2, 0.25) is 0 Å². The van der Waals surface area contributed by atoms with Crippen LogP contribution >= 0.6 is 24.0 Å². The fourth-order valence-corrected chi connectivity index (χ4v) is 3.48. The highest BCUT2D eigenvalue weighted by molar-refractivity contribution is 14.0. The molecule has 8 heteroatoms. The Kier molecular flexibility index (Phi) is 10.4. The predicted molar refractivity (Wildman–Crippen MR) is 132 cm³/mol.